The molecule has 0 spiro atoms. The lowest BCUT2D eigenvalue weighted by molar-refractivity contribution is 0.0939. The normalized spacial score (nSPS) is 11.6. The molecule has 3 aromatic rings. The molecule has 0 bridgehead atoms. The largest absolute Gasteiger partial charge is 0.493 e. The number of aromatic nitrogens is 2. The minimum atomic E-state index is -0.231. The highest BCUT2D eigenvalue weighted by atomic mass is 16.5. The van der Waals surface area contributed by atoms with E-state index in [0.29, 0.717) is 22.8 Å². The molecule has 0 saturated heterocycles. The Kier molecular flexibility index (Phi) is 5.84. The third-order valence-corrected chi connectivity index (χ3v) is 4.47. The lowest BCUT2D eigenvalue weighted by Gasteiger charge is -2.17. The molecule has 146 valence electrons. The van der Waals surface area contributed by atoms with Gasteiger partial charge in [-0.25, -0.2) is 4.98 Å². The fourth-order valence-electron chi connectivity index (χ4n) is 2.92. The highest BCUT2D eigenvalue weighted by Crippen LogP contribution is 2.38. The Morgan fingerprint density at radius 3 is 2.18 bits per heavy atom. The van der Waals surface area contributed by atoms with E-state index in [1.54, 1.807) is 24.7 Å². The number of rotatable bonds is 7. The van der Waals surface area contributed by atoms with E-state index in [4.69, 9.17) is 14.2 Å². The number of imidazole rings is 1. The van der Waals surface area contributed by atoms with E-state index in [1.165, 1.54) is 21.3 Å². The zero-order valence-electron chi connectivity index (χ0n) is 16.3. The van der Waals surface area contributed by atoms with Gasteiger partial charge in [0.1, 0.15) is 0 Å². The molecule has 0 saturated carbocycles. The summed E-state index contributed by atoms with van der Waals surface area (Å²) in [7, 11) is 4.56. The summed E-state index contributed by atoms with van der Waals surface area (Å²) in [5, 5.41) is 3.00. The second-order valence-corrected chi connectivity index (χ2v) is 6.17. The summed E-state index contributed by atoms with van der Waals surface area (Å²) in [6.07, 6.45) is 5.35. The minimum absolute atomic E-state index is 0.177. The smallest absolute Gasteiger partial charge is 0.252 e. The van der Waals surface area contributed by atoms with Gasteiger partial charge in [0.05, 0.1) is 33.7 Å². The number of hydrogen-bond acceptors (Lipinski definition) is 5. The van der Waals surface area contributed by atoms with Crippen molar-refractivity contribution in [2.45, 2.75) is 13.0 Å². The first-order valence-corrected chi connectivity index (χ1v) is 8.76. The molecule has 1 atom stereocenters. The number of nitrogens with one attached hydrogen (secondary N) is 1. The number of carbonyl (C=O) groups excluding carboxylic acids is 1. The van der Waals surface area contributed by atoms with Crippen LogP contribution in [0.5, 0.6) is 17.2 Å². The van der Waals surface area contributed by atoms with Crippen LogP contribution in [0, 0.1) is 0 Å². The van der Waals surface area contributed by atoms with E-state index in [0.717, 1.165) is 11.3 Å². The molecule has 1 heterocycles. The zero-order valence-corrected chi connectivity index (χ0v) is 16.3. The fourth-order valence-corrected chi connectivity index (χ4v) is 2.92. The SMILES string of the molecule is COc1cc(C(=O)NC(C)c2ccc(-n3ccnc3)cc2)cc(OC)c1OC. The molecule has 2 aromatic carbocycles. The van der Waals surface area contributed by atoms with E-state index in [2.05, 4.69) is 10.3 Å². The van der Waals surface area contributed by atoms with Crippen molar-refractivity contribution >= 4 is 5.91 Å². The Hall–Kier alpha value is -3.48. The van der Waals surface area contributed by atoms with Crippen LogP contribution >= 0.6 is 0 Å². The summed E-state index contributed by atoms with van der Waals surface area (Å²) in [6.45, 7) is 1.93. The predicted molar refractivity (Wildman–Crippen MR) is 106 cm³/mol. The lowest BCUT2D eigenvalue weighted by atomic mass is 10.1. The number of methoxy groups -OCH3 is 3. The van der Waals surface area contributed by atoms with Gasteiger partial charge in [0.15, 0.2) is 11.5 Å². The van der Waals surface area contributed by atoms with Gasteiger partial charge in [-0.05, 0) is 36.8 Å². The minimum Gasteiger partial charge on any atom is -0.493 e. The highest BCUT2D eigenvalue weighted by Gasteiger charge is 2.18. The summed E-state index contributed by atoms with van der Waals surface area (Å²) in [6, 6.07) is 11.0. The Balaban J connectivity index is 1.77. The van der Waals surface area contributed by atoms with Crippen LogP contribution in [-0.2, 0) is 0 Å². The Bertz CT molecular complexity index is 912. The monoisotopic (exact) mass is 381 g/mol. The third kappa shape index (κ3) is 3.93. The maximum Gasteiger partial charge on any atom is 0.252 e. The lowest BCUT2D eigenvalue weighted by Crippen LogP contribution is -2.26. The van der Waals surface area contributed by atoms with E-state index >= 15 is 0 Å². The van der Waals surface area contributed by atoms with Crippen molar-refractivity contribution < 1.29 is 19.0 Å². The standard InChI is InChI=1S/C21H23N3O4/c1-14(15-5-7-17(8-6-15)24-10-9-22-13-24)23-21(25)16-11-18(26-2)20(28-4)19(12-16)27-3/h5-14H,1-4H3,(H,23,25). The van der Waals surface area contributed by atoms with Gasteiger partial charge in [-0.2, -0.15) is 0 Å². The molecule has 7 heteroatoms. The van der Waals surface area contributed by atoms with E-state index in [-0.39, 0.29) is 11.9 Å². The van der Waals surface area contributed by atoms with Crippen LogP contribution < -0.4 is 19.5 Å². The first-order chi connectivity index (χ1) is 13.6. The molecule has 7 nitrogen and oxygen atoms in total. The molecule has 0 aliphatic heterocycles. The van der Waals surface area contributed by atoms with Gasteiger partial charge in [0.2, 0.25) is 5.75 Å². The first kappa shape index (κ1) is 19.3. The maximum absolute atomic E-state index is 12.7. The molecule has 0 radical (unpaired) electrons. The predicted octanol–water partition coefficient (Wildman–Crippen LogP) is 3.39. The molecule has 0 fully saturated rings. The number of hydrogen-bond donors (Lipinski definition) is 1. The molecule has 1 N–H and O–H groups in total. The van der Waals surface area contributed by atoms with Crippen LogP contribution in [0.4, 0.5) is 0 Å². The Morgan fingerprint density at radius 2 is 1.68 bits per heavy atom. The fraction of sp³-hybridized carbons (Fsp3) is 0.238. The number of amides is 1. The van der Waals surface area contributed by atoms with Gasteiger partial charge in [0, 0.05) is 23.6 Å². The Morgan fingerprint density at radius 1 is 1.04 bits per heavy atom. The van der Waals surface area contributed by atoms with Gasteiger partial charge >= 0.3 is 0 Å². The quantitative estimate of drug-likeness (QED) is 0.679. The number of benzene rings is 2. The van der Waals surface area contributed by atoms with Crippen molar-refractivity contribution in [1.82, 2.24) is 14.9 Å². The second kappa shape index (κ2) is 8.47. The van der Waals surface area contributed by atoms with Gasteiger partial charge in [-0.3, -0.25) is 4.79 Å². The molecule has 1 aromatic heterocycles. The summed E-state index contributed by atoms with van der Waals surface area (Å²) < 4.78 is 17.8. The number of carbonyl (C=O) groups is 1. The van der Waals surface area contributed by atoms with Gasteiger partial charge in [0.25, 0.3) is 5.91 Å². The van der Waals surface area contributed by atoms with E-state index in [9.17, 15) is 4.79 Å². The topological polar surface area (TPSA) is 74.6 Å². The molecule has 0 aliphatic rings. The van der Waals surface area contributed by atoms with Crippen molar-refractivity contribution in [3.63, 3.8) is 0 Å². The molecule has 1 amide bonds. The van der Waals surface area contributed by atoms with Gasteiger partial charge in [-0.1, -0.05) is 12.1 Å². The summed E-state index contributed by atoms with van der Waals surface area (Å²) in [5.41, 5.74) is 2.42. The zero-order chi connectivity index (χ0) is 20.1. The van der Waals surface area contributed by atoms with Crippen molar-refractivity contribution in [2.24, 2.45) is 0 Å². The Labute approximate surface area is 163 Å². The van der Waals surface area contributed by atoms with Crippen LogP contribution in [0.25, 0.3) is 5.69 Å². The average Bonchev–Trinajstić information content (AvgIpc) is 3.27. The molecule has 3 rings (SSSR count). The van der Waals surface area contributed by atoms with Gasteiger partial charge in [-0.15, -0.1) is 0 Å². The van der Waals surface area contributed by atoms with Gasteiger partial charge < -0.3 is 24.1 Å². The average molecular weight is 381 g/mol. The molecular formula is C21H23N3O4. The summed E-state index contributed by atoms with van der Waals surface area (Å²) in [4.78, 5) is 16.8. The maximum atomic E-state index is 12.7. The van der Waals surface area contributed by atoms with Crippen LogP contribution in [0.3, 0.4) is 0 Å². The van der Waals surface area contributed by atoms with Crippen molar-refractivity contribution in [2.75, 3.05) is 21.3 Å². The summed E-state index contributed by atoms with van der Waals surface area (Å²) >= 11 is 0. The van der Waals surface area contributed by atoms with Crippen molar-refractivity contribution in [3.8, 4) is 22.9 Å². The van der Waals surface area contributed by atoms with E-state index < -0.39 is 0 Å². The van der Waals surface area contributed by atoms with Crippen LogP contribution in [0.1, 0.15) is 28.9 Å². The summed E-state index contributed by atoms with van der Waals surface area (Å²) in [5.74, 6) is 1.09. The highest BCUT2D eigenvalue weighted by molar-refractivity contribution is 5.95. The van der Waals surface area contributed by atoms with E-state index in [1.807, 2.05) is 42.0 Å². The third-order valence-electron chi connectivity index (χ3n) is 4.47. The van der Waals surface area contributed by atoms with Crippen LogP contribution in [-0.4, -0.2) is 36.8 Å². The molecule has 0 aliphatic carbocycles. The second-order valence-electron chi connectivity index (χ2n) is 6.17. The van der Waals surface area contributed by atoms with Crippen LogP contribution in [0.2, 0.25) is 0 Å². The van der Waals surface area contributed by atoms with Crippen molar-refractivity contribution in [3.05, 3.63) is 66.2 Å². The molecule has 28 heavy (non-hydrogen) atoms. The molecule has 1 unspecified atom stereocenters. The number of ether oxygens (including phenoxy) is 3. The molecular weight excluding hydrogens is 358 g/mol. The van der Waals surface area contributed by atoms with Crippen molar-refractivity contribution in [1.29, 1.82) is 0 Å². The van der Waals surface area contributed by atoms with Crippen LogP contribution in [0.15, 0.2) is 55.1 Å². The first-order valence-electron chi connectivity index (χ1n) is 8.76. The number of nitrogens with zero attached hydrogens (tertiary/aromatic N) is 2.